The molecule has 116 valence electrons. The summed E-state index contributed by atoms with van der Waals surface area (Å²) in [7, 11) is 0. The topological polar surface area (TPSA) is 63.4 Å². The molecule has 1 aliphatic rings. The standard InChI is InChI=1S/C16H22N2O2.ClH/c1-12-2-4-14(5-3-12)15(19)6-7-16(20)18-9-8-13(10-17)11-18;/h2-5,13H,6-11,17H2,1H3;1H. The van der Waals surface area contributed by atoms with Crippen molar-refractivity contribution in [1.82, 2.24) is 4.90 Å². The first-order chi connectivity index (χ1) is 9.60. The van der Waals surface area contributed by atoms with Gasteiger partial charge in [-0.05, 0) is 25.8 Å². The summed E-state index contributed by atoms with van der Waals surface area (Å²) in [5.41, 5.74) is 7.43. The summed E-state index contributed by atoms with van der Waals surface area (Å²) >= 11 is 0. The van der Waals surface area contributed by atoms with Gasteiger partial charge in [0.25, 0.3) is 0 Å². The number of hydrogen-bond donors (Lipinski definition) is 1. The van der Waals surface area contributed by atoms with Crippen LogP contribution in [0.15, 0.2) is 24.3 Å². The number of ketones is 1. The lowest BCUT2D eigenvalue weighted by molar-refractivity contribution is -0.130. The summed E-state index contributed by atoms with van der Waals surface area (Å²) < 4.78 is 0. The Balaban J connectivity index is 0.00000220. The second-order valence-electron chi connectivity index (χ2n) is 5.52. The van der Waals surface area contributed by atoms with Crippen LogP contribution in [0.5, 0.6) is 0 Å². The number of amides is 1. The number of hydrogen-bond acceptors (Lipinski definition) is 3. The highest BCUT2D eigenvalue weighted by molar-refractivity contribution is 5.98. The number of aryl methyl sites for hydroxylation is 1. The summed E-state index contributed by atoms with van der Waals surface area (Å²) in [6, 6.07) is 7.48. The smallest absolute Gasteiger partial charge is 0.223 e. The van der Waals surface area contributed by atoms with E-state index in [1.807, 2.05) is 36.1 Å². The number of carbonyl (C=O) groups excluding carboxylic acids is 2. The van der Waals surface area contributed by atoms with Crippen LogP contribution in [0.3, 0.4) is 0 Å². The molecule has 1 atom stereocenters. The predicted octanol–water partition coefficient (Wildman–Crippen LogP) is 2.19. The maximum Gasteiger partial charge on any atom is 0.223 e. The van der Waals surface area contributed by atoms with Crippen LogP contribution in [-0.4, -0.2) is 36.2 Å². The molecule has 1 amide bonds. The zero-order valence-electron chi connectivity index (χ0n) is 12.4. The summed E-state index contributed by atoms with van der Waals surface area (Å²) in [5.74, 6) is 0.529. The number of likely N-dealkylation sites (tertiary alicyclic amines) is 1. The third kappa shape index (κ3) is 4.83. The Bertz CT molecular complexity index is 488. The minimum absolute atomic E-state index is 0. The highest BCUT2D eigenvalue weighted by Crippen LogP contribution is 2.17. The van der Waals surface area contributed by atoms with E-state index in [4.69, 9.17) is 5.73 Å². The molecular weight excluding hydrogens is 288 g/mol. The van der Waals surface area contributed by atoms with Gasteiger partial charge in [0.1, 0.15) is 0 Å². The number of nitrogens with zero attached hydrogens (tertiary/aromatic N) is 1. The molecule has 4 nitrogen and oxygen atoms in total. The third-order valence-electron chi connectivity index (χ3n) is 3.91. The molecule has 0 saturated carbocycles. The van der Waals surface area contributed by atoms with Gasteiger partial charge >= 0.3 is 0 Å². The summed E-state index contributed by atoms with van der Waals surface area (Å²) in [6.07, 6.45) is 1.56. The second kappa shape index (κ2) is 8.15. The second-order valence-corrected chi connectivity index (χ2v) is 5.52. The molecule has 0 aliphatic carbocycles. The van der Waals surface area contributed by atoms with Gasteiger partial charge in [0.2, 0.25) is 5.91 Å². The van der Waals surface area contributed by atoms with Crippen LogP contribution in [0.4, 0.5) is 0 Å². The number of Topliss-reactive ketones (excluding diaryl/α,β-unsaturated/α-hetero) is 1. The molecule has 2 N–H and O–H groups in total. The van der Waals surface area contributed by atoms with Crippen LogP contribution in [0.25, 0.3) is 0 Å². The van der Waals surface area contributed by atoms with Gasteiger partial charge in [-0.1, -0.05) is 29.8 Å². The van der Waals surface area contributed by atoms with E-state index < -0.39 is 0 Å². The molecule has 5 heteroatoms. The molecule has 1 fully saturated rings. The van der Waals surface area contributed by atoms with Crippen molar-refractivity contribution >= 4 is 24.1 Å². The zero-order valence-corrected chi connectivity index (χ0v) is 13.2. The summed E-state index contributed by atoms with van der Waals surface area (Å²) in [4.78, 5) is 25.9. The van der Waals surface area contributed by atoms with Crippen molar-refractivity contribution in [3.8, 4) is 0 Å². The van der Waals surface area contributed by atoms with E-state index in [0.717, 1.165) is 25.1 Å². The number of nitrogens with two attached hydrogens (primary N) is 1. The van der Waals surface area contributed by atoms with E-state index in [1.54, 1.807) is 0 Å². The van der Waals surface area contributed by atoms with Crippen LogP contribution in [0, 0.1) is 12.8 Å². The van der Waals surface area contributed by atoms with Gasteiger partial charge in [-0.3, -0.25) is 9.59 Å². The SMILES string of the molecule is Cc1ccc(C(=O)CCC(=O)N2CCC(CN)C2)cc1.Cl. The average molecular weight is 311 g/mol. The highest BCUT2D eigenvalue weighted by atomic mass is 35.5. The first kappa shape index (κ1) is 17.7. The minimum Gasteiger partial charge on any atom is -0.342 e. The fourth-order valence-corrected chi connectivity index (χ4v) is 2.51. The Labute approximate surface area is 132 Å². The summed E-state index contributed by atoms with van der Waals surface area (Å²) in [6.45, 7) is 4.14. The largest absolute Gasteiger partial charge is 0.342 e. The fraction of sp³-hybridized carbons (Fsp3) is 0.500. The molecule has 0 spiro atoms. The molecule has 0 radical (unpaired) electrons. The van der Waals surface area contributed by atoms with Crippen LogP contribution in [0.1, 0.15) is 35.2 Å². The molecule has 0 aromatic heterocycles. The Hall–Kier alpha value is -1.39. The number of benzene rings is 1. The first-order valence-electron chi connectivity index (χ1n) is 7.18. The van der Waals surface area contributed by atoms with Crippen molar-refractivity contribution in [2.75, 3.05) is 19.6 Å². The average Bonchev–Trinajstić information content (AvgIpc) is 2.94. The van der Waals surface area contributed by atoms with Gasteiger partial charge in [-0.25, -0.2) is 0 Å². The zero-order chi connectivity index (χ0) is 14.5. The molecule has 1 aromatic rings. The lowest BCUT2D eigenvalue weighted by atomic mass is 10.0. The van der Waals surface area contributed by atoms with E-state index in [9.17, 15) is 9.59 Å². The molecule has 1 aliphatic heterocycles. The molecule has 21 heavy (non-hydrogen) atoms. The van der Waals surface area contributed by atoms with Crippen LogP contribution in [0.2, 0.25) is 0 Å². The quantitative estimate of drug-likeness (QED) is 0.848. The molecule has 1 saturated heterocycles. The van der Waals surface area contributed by atoms with Crippen molar-refractivity contribution in [2.24, 2.45) is 11.7 Å². The lowest BCUT2D eigenvalue weighted by Gasteiger charge is -2.15. The Morgan fingerprint density at radius 3 is 2.48 bits per heavy atom. The minimum atomic E-state index is 0. The molecular formula is C16H23ClN2O2. The number of halogens is 1. The van der Waals surface area contributed by atoms with E-state index in [1.165, 1.54) is 0 Å². The van der Waals surface area contributed by atoms with E-state index in [-0.39, 0.29) is 30.5 Å². The van der Waals surface area contributed by atoms with Crippen molar-refractivity contribution in [2.45, 2.75) is 26.2 Å². The van der Waals surface area contributed by atoms with Crippen LogP contribution >= 0.6 is 12.4 Å². The van der Waals surface area contributed by atoms with Crippen molar-refractivity contribution in [1.29, 1.82) is 0 Å². The first-order valence-corrected chi connectivity index (χ1v) is 7.18. The van der Waals surface area contributed by atoms with Crippen molar-refractivity contribution in [3.05, 3.63) is 35.4 Å². The predicted molar refractivity (Wildman–Crippen MR) is 85.7 cm³/mol. The van der Waals surface area contributed by atoms with Gasteiger partial charge in [0.05, 0.1) is 0 Å². The van der Waals surface area contributed by atoms with Crippen LogP contribution in [-0.2, 0) is 4.79 Å². The van der Waals surface area contributed by atoms with Gasteiger partial charge < -0.3 is 10.6 Å². The normalized spacial score (nSPS) is 17.4. The fourth-order valence-electron chi connectivity index (χ4n) is 2.51. The number of rotatable bonds is 5. The monoisotopic (exact) mass is 310 g/mol. The molecule has 0 bridgehead atoms. The van der Waals surface area contributed by atoms with Crippen molar-refractivity contribution in [3.63, 3.8) is 0 Å². The van der Waals surface area contributed by atoms with Gasteiger partial charge in [-0.2, -0.15) is 0 Å². The Morgan fingerprint density at radius 1 is 1.24 bits per heavy atom. The lowest BCUT2D eigenvalue weighted by Crippen LogP contribution is -2.30. The molecule has 1 unspecified atom stereocenters. The van der Waals surface area contributed by atoms with Crippen LogP contribution < -0.4 is 5.73 Å². The Kier molecular flexibility index (Phi) is 6.85. The Morgan fingerprint density at radius 2 is 1.90 bits per heavy atom. The van der Waals surface area contributed by atoms with Gasteiger partial charge in [0.15, 0.2) is 5.78 Å². The van der Waals surface area contributed by atoms with E-state index in [0.29, 0.717) is 24.4 Å². The highest BCUT2D eigenvalue weighted by Gasteiger charge is 2.25. The maximum atomic E-state index is 12.0. The summed E-state index contributed by atoms with van der Waals surface area (Å²) in [5, 5.41) is 0. The van der Waals surface area contributed by atoms with E-state index in [2.05, 4.69) is 0 Å². The van der Waals surface area contributed by atoms with Crippen molar-refractivity contribution < 1.29 is 9.59 Å². The molecule has 2 rings (SSSR count). The molecule has 1 aromatic carbocycles. The number of carbonyl (C=O) groups is 2. The van der Waals surface area contributed by atoms with Gasteiger partial charge in [0, 0.05) is 31.5 Å². The molecule has 1 heterocycles. The third-order valence-corrected chi connectivity index (χ3v) is 3.91. The maximum absolute atomic E-state index is 12.0. The van der Waals surface area contributed by atoms with Gasteiger partial charge in [-0.15, -0.1) is 12.4 Å². The van der Waals surface area contributed by atoms with E-state index >= 15 is 0 Å².